The maximum Gasteiger partial charge on any atom is 0.171 e. The van der Waals surface area contributed by atoms with E-state index in [-0.39, 0.29) is 0 Å². The zero-order valence-corrected chi connectivity index (χ0v) is 9.78. The van der Waals surface area contributed by atoms with E-state index in [0.717, 1.165) is 39.4 Å². The van der Waals surface area contributed by atoms with Gasteiger partial charge in [0.1, 0.15) is 0 Å². The fourth-order valence-electron chi connectivity index (χ4n) is 1.60. The zero-order chi connectivity index (χ0) is 11.2. The highest BCUT2D eigenvalue weighted by molar-refractivity contribution is 6.31. The third-order valence-corrected chi connectivity index (χ3v) is 2.75. The molecule has 1 fully saturated rings. The normalized spacial score (nSPS) is 17.3. The highest BCUT2D eigenvalue weighted by Gasteiger charge is 2.09. The van der Waals surface area contributed by atoms with Gasteiger partial charge in [-0.3, -0.25) is 4.90 Å². The lowest BCUT2D eigenvalue weighted by Gasteiger charge is -2.26. The molecule has 1 aliphatic heterocycles. The lowest BCUT2D eigenvalue weighted by molar-refractivity contribution is 0.0398. The van der Waals surface area contributed by atoms with Crippen molar-refractivity contribution in [3.63, 3.8) is 0 Å². The summed E-state index contributed by atoms with van der Waals surface area (Å²) < 4.78 is 5.28. The summed E-state index contributed by atoms with van der Waals surface area (Å²) in [7, 11) is 0. The van der Waals surface area contributed by atoms with Crippen LogP contribution in [-0.2, 0) is 4.74 Å². The van der Waals surface area contributed by atoms with Gasteiger partial charge in [-0.15, -0.1) is 0 Å². The molecule has 1 saturated heterocycles. The molecule has 0 saturated carbocycles. The average molecular weight is 243 g/mol. The summed E-state index contributed by atoms with van der Waals surface area (Å²) in [5.74, 6) is 0.650. The molecule has 0 amide bonds. The predicted molar refractivity (Wildman–Crippen MR) is 62.8 cm³/mol. The van der Waals surface area contributed by atoms with E-state index in [1.165, 1.54) is 0 Å². The molecule has 0 bridgehead atoms. The van der Waals surface area contributed by atoms with E-state index >= 15 is 0 Å². The molecule has 88 valence electrons. The van der Waals surface area contributed by atoms with Crippen LogP contribution >= 0.6 is 11.6 Å². The van der Waals surface area contributed by atoms with Gasteiger partial charge < -0.3 is 10.1 Å². The summed E-state index contributed by atoms with van der Waals surface area (Å²) in [5.41, 5.74) is 0. The Morgan fingerprint density at radius 1 is 1.31 bits per heavy atom. The van der Waals surface area contributed by atoms with Crippen LogP contribution in [0.15, 0.2) is 12.4 Å². The van der Waals surface area contributed by atoms with Gasteiger partial charge in [0, 0.05) is 38.6 Å². The van der Waals surface area contributed by atoms with Crippen molar-refractivity contribution in [3.8, 4) is 0 Å². The number of hydrogen-bond donors (Lipinski definition) is 1. The van der Waals surface area contributed by atoms with Gasteiger partial charge in [0.15, 0.2) is 11.0 Å². The first-order chi connectivity index (χ1) is 7.86. The van der Waals surface area contributed by atoms with Crippen molar-refractivity contribution in [2.24, 2.45) is 0 Å². The van der Waals surface area contributed by atoms with Crippen LogP contribution in [0.3, 0.4) is 0 Å². The largest absolute Gasteiger partial charge is 0.379 e. The van der Waals surface area contributed by atoms with Crippen molar-refractivity contribution < 1.29 is 4.74 Å². The van der Waals surface area contributed by atoms with E-state index in [0.29, 0.717) is 11.0 Å². The molecule has 1 aliphatic rings. The van der Waals surface area contributed by atoms with Crippen LogP contribution in [0.5, 0.6) is 0 Å². The topological polar surface area (TPSA) is 50.3 Å². The number of ether oxygens (including phenoxy) is 1. The van der Waals surface area contributed by atoms with Crippen LogP contribution < -0.4 is 5.32 Å². The van der Waals surface area contributed by atoms with E-state index in [2.05, 4.69) is 20.2 Å². The number of morpholine rings is 1. The first kappa shape index (κ1) is 11.6. The fourth-order valence-corrected chi connectivity index (χ4v) is 1.77. The molecule has 5 nitrogen and oxygen atoms in total. The predicted octanol–water partition coefficient (Wildman–Crippen LogP) is 0.874. The van der Waals surface area contributed by atoms with Gasteiger partial charge in [-0.25, -0.2) is 9.97 Å². The fraction of sp³-hybridized carbons (Fsp3) is 0.600. The number of nitrogens with one attached hydrogen (secondary N) is 1. The molecule has 2 heterocycles. The van der Waals surface area contributed by atoms with Crippen LogP contribution in [0, 0.1) is 0 Å². The quantitative estimate of drug-likeness (QED) is 0.849. The molecule has 0 spiro atoms. The van der Waals surface area contributed by atoms with Gasteiger partial charge >= 0.3 is 0 Å². The molecule has 0 radical (unpaired) electrons. The first-order valence-corrected chi connectivity index (χ1v) is 5.74. The van der Waals surface area contributed by atoms with Crippen molar-refractivity contribution in [3.05, 3.63) is 17.5 Å². The van der Waals surface area contributed by atoms with E-state index < -0.39 is 0 Å². The average Bonchev–Trinajstić information content (AvgIpc) is 2.33. The number of anilines is 1. The van der Waals surface area contributed by atoms with Crippen LogP contribution in [-0.4, -0.2) is 54.3 Å². The van der Waals surface area contributed by atoms with Crippen molar-refractivity contribution in [2.75, 3.05) is 44.7 Å². The second kappa shape index (κ2) is 5.98. The number of halogens is 1. The smallest absolute Gasteiger partial charge is 0.171 e. The highest BCUT2D eigenvalue weighted by Crippen LogP contribution is 2.13. The Kier molecular flexibility index (Phi) is 4.33. The van der Waals surface area contributed by atoms with Crippen molar-refractivity contribution in [1.29, 1.82) is 0 Å². The SMILES string of the molecule is Clc1nccnc1NCCN1CCOCC1. The summed E-state index contributed by atoms with van der Waals surface area (Å²) in [5, 5.41) is 3.59. The summed E-state index contributed by atoms with van der Waals surface area (Å²) >= 11 is 5.88. The molecule has 0 aliphatic carbocycles. The van der Waals surface area contributed by atoms with E-state index in [1.807, 2.05) is 0 Å². The number of aromatic nitrogens is 2. The third kappa shape index (κ3) is 3.30. The van der Waals surface area contributed by atoms with Gasteiger partial charge in [0.05, 0.1) is 13.2 Å². The van der Waals surface area contributed by atoms with Gasteiger partial charge in [-0.05, 0) is 0 Å². The van der Waals surface area contributed by atoms with Crippen LogP contribution in [0.4, 0.5) is 5.82 Å². The standard InChI is InChI=1S/C10H15ClN4O/c11-9-10(13-2-1-12-9)14-3-4-15-5-7-16-8-6-15/h1-2H,3-8H2,(H,13,14). The lowest BCUT2D eigenvalue weighted by atomic mass is 10.4. The Hall–Kier alpha value is -0.910. The Labute approximate surface area is 99.8 Å². The second-order valence-electron chi connectivity index (χ2n) is 3.58. The lowest BCUT2D eigenvalue weighted by Crippen LogP contribution is -2.39. The van der Waals surface area contributed by atoms with Crippen LogP contribution in [0.25, 0.3) is 0 Å². The van der Waals surface area contributed by atoms with Gasteiger partial charge in [0.25, 0.3) is 0 Å². The third-order valence-electron chi connectivity index (χ3n) is 2.48. The number of nitrogens with zero attached hydrogens (tertiary/aromatic N) is 3. The van der Waals surface area contributed by atoms with E-state index in [4.69, 9.17) is 16.3 Å². The molecule has 6 heteroatoms. The summed E-state index contributed by atoms with van der Waals surface area (Å²) in [6, 6.07) is 0. The van der Waals surface area contributed by atoms with Gasteiger partial charge in [-0.1, -0.05) is 11.6 Å². The molecule has 1 aromatic rings. The maximum atomic E-state index is 5.88. The summed E-state index contributed by atoms with van der Waals surface area (Å²) in [6.07, 6.45) is 3.21. The van der Waals surface area contributed by atoms with Crippen molar-refractivity contribution in [2.45, 2.75) is 0 Å². The molecule has 2 rings (SSSR count). The molecule has 0 aromatic carbocycles. The number of hydrogen-bond acceptors (Lipinski definition) is 5. The summed E-state index contributed by atoms with van der Waals surface area (Å²) in [6.45, 7) is 5.43. The maximum absolute atomic E-state index is 5.88. The Morgan fingerprint density at radius 3 is 2.81 bits per heavy atom. The molecular weight excluding hydrogens is 228 g/mol. The molecular formula is C10H15ClN4O. The minimum atomic E-state index is 0.421. The first-order valence-electron chi connectivity index (χ1n) is 5.37. The highest BCUT2D eigenvalue weighted by atomic mass is 35.5. The second-order valence-corrected chi connectivity index (χ2v) is 3.93. The monoisotopic (exact) mass is 242 g/mol. The number of rotatable bonds is 4. The summed E-state index contributed by atoms with van der Waals surface area (Å²) in [4.78, 5) is 10.4. The molecule has 1 aromatic heterocycles. The van der Waals surface area contributed by atoms with Crippen molar-refractivity contribution in [1.82, 2.24) is 14.9 Å². The molecule has 16 heavy (non-hydrogen) atoms. The van der Waals surface area contributed by atoms with Gasteiger partial charge in [0.2, 0.25) is 0 Å². The van der Waals surface area contributed by atoms with E-state index in [1.54, 1.807) is 12.4 Å². The zero-order valence-electron chi connectivity index (χ0n) is 9.03. The molecule has 0 unspecified atom stereocenters. The Morgan fingerprint density at radius 2 is 2.06 bits per heavy atom. The minimum Gasteiger partial charge on any atom is -0.379 e. The Balaban J connectivity index is 1.73. The Bertz CT molecular complexity index is 330. The minimum absolute atomic E-state index is 0.421. The van der Waals surface area contributed by atoms with Gasteiger partial charge in [-0.2, -0.15) is 0 Å². The van der Waals surface area contributed by atoms with E-state index in [9.17, 15) is 0 Å². The van der Waals surface area contributed by atoms with Crippen LogP contribution in [0.1, 0.15) is 0 Å². The van der Waals surface area contributed by atoms with Crippen molar-refractivity contribution >= 4 is 17.4 Å². The van der Waals surface area contributed by atoms with Crippen LogP contribution in [0.2, 0.25) is 5.15 Å². The molecule has 1 N–H and O–H groups in total. The molecule has 0 atom stereocenters.